The van der Waals surface area contributed by atoms with Crippen LogP contribution in [-0.4, -0.2) is 30.5 Å². The Hall–Kier alpha value is -3.30. The van der Waals surface area contributed by atoms with Gasteiger partial charge in [0.05, 0.1) is 6.61 Å². The molecule has 1 atom stereocenters. The van der Waals surface area contributed by atoms with E-state index in [0.29, 0.717) is 5.56 Å². The molecule has 2 amide bonds. The minimum atomic E-state index is -5.34. The first-order valence-corrected chi connectivity index (χ1v) is 8.46. The Kier molecular flexibility index (Phi) is 7.03. The first-order valence-electron chi connectivity index (χ1n) is 8.46. The number of amides is 2. The number of carbonyl (C=O) groups is 2. The fraction of sp³-hybridized carbons (Fsp3) is 0.263. The van der Waals surface area contributed by atoms with Gasteiger partial charge in [-0.3, -0.25) is 5.32 Å². The fourth-order valence-electron chi connectivity index (χ4n) is 2.25. The molecule has 0 aliphatic heterocycles. The topological polar surface area (TPSA) is 76.7 Å². The number of hydrogen-bond acceptors (Lipinski definition) is 4. The van der Waals surface area contributed by atoms with Crippen LogP contribution >= 0.6 is 0 Å². The number of hydrogen-bond donors (Lipinski definition) is 2. The van der Waals surface area contributed by atoms with Gasteiger partial charge < -0.3 is 14.8 Å². The van der Waals surface area contributed by atoms with Crippen LogP contribution in [0.5, 0.6) is 5.75 Å². The molecule has 156 valence electrons. The molecule has 0 heterocycles. The molecule has 0 aliphatic carbocycles. The van der Waals surface area contributed by atoms with E-state index >= 15 is 0 Å². The molecule has 2 aromatic carbocycles. The van der Waals surface area contributed by atoms with Crippen LogP contribution in [0.2, 0.25) is 0 Å². The van der Waals surface area contributed by atoms with Crippen LogP contribution in [0.1, 0.15) is 12.5 Å². The number of nitrogens with one attached hydrogen (secondary N) is 2. The van der Waals surface area contributed by atoms with Gasteiger partial charge in [0.15, 0.2) is 0 Å². The first kappa shape index (κ1) is 22.0. The van der Waals surface area contributed by atoms with Crippen LogP contribution < -0.4 is 15.4 Å². The van der Waals surface area contributed by atoms with Gasteiger partial charge in [-0.1, -0.05) is 30.3 Å². The number of ether oxygens (including phenoxy) is 2. The van der Waals surface area contributed by atoms with Gasteiger partial charge in [0, 0.05) is 6.54 Å². The number of para-hydroxylation sites is 1. The molecule has 0 bridgehead atoms. The minimum Gasteiger partial charge on any atom is -0.461 e. The molecule has 2 rings (SSSR count). The van der Waals surface area contributed by atoms with Gasteiger partial charge in [0.25, 0.3) is 0 Å². The molecule has 10 heteroatoms. The lowest BCUT2D eigenvalue weighted by Crippen LogP contribution is -2.69. The van der Waals surface area contributed by atoms with Crippen molar-refractivity contribution in [1.29, 1.82) is 0 Å². The minimum absolute atomic E-state index is 0.214. The normalized spacial score (nSPS) is 13.1. The summed E-state index contributed by atoms with van der Waals surface area (Å²) in [5.74, 6) is -2.64. The SMILES string of the molecule is CCOC(=O)[C@](NC(=O)NCc1ccc(F)cc1)(Oc1ccccc1)C(F)(F)F. The third kappa shape index (κ3) is 5.59. The predicted molar refractivity (Wildman–Crippen MR) is 94.3 cm³/mol. The molecule has 2 aromatic rings. The lowest BCUT2D eigenvalue weighted by atomic mass is 10.2. The monoisotopic (exact) mass is 414 g/mol. The summed E-state index contributed by atoms with van der Waals surface area (Å²) in [6.07, 6.45) is -5.34. The van der Waals surface area contributed by atoms with Crippen molar-refractivity contribution >= 4 is 12.0 Å². The number of halogens is 4. The van der Waals surface area contributed by atoms with Gasteiger partial charge in [-0.05, 0) is 36.8 Å². The summed E-state index contributed by atoms with van der Waals surface area (Å²) in [6, 6.07) is 10.3. The average Bonchev–Trinajstić information content (AvgIpc) is 2.67. The summed E-state index contributed by atoms with van der Waals surface area (Å²) in [5.41, 5.74) is -3.34. The Morgan fingerprint density at radius 2 is 1.62 bits per heavy atom. The van der Waals surface area contributed by atoms with E-state index < -0.39 is 29.7 Å². The molecule has 29 heavy (non-hydrogen) atoms. The molecule has 6 nitrogen and oxygen atoms in total. The van der Waals surface area contributed by atoms with E-state index in [4.69, 9.17) is 4.74 Å². The molecule has 0 aliphatic rings. The predicted octanol–water partition coefficient (Wildman–Crippen LogP) is 3.53. The average molecular weight is 414 g/mol. The van der Waals surface area contributed by atoms with E-state index in [1.165, 1.54) is 54.7 Å². The van der Waals surface area contributed by atoms with Crippen molar-refractivity contribution in [3.8, 4) is 5.75 Å². The second-order valence-electron chi connectivity index (χ2n) is 5.75. The number of carbonyl (C=O) groups excluding carboxylic acids is 2. The Balaban J connectivity index is 2.25. The zero-order chi connectivity index (χ0) is 21.5. The third-order valence-corrected chi connectivity index (χ3v) is 3.63. The van der Waals surface area contributed by atoms with Crippen LogP contribution in [0.25, 0.3) is 0 Å². The summed E-state index contributed by atoms with van der Waals surface area (Å²) in [6.45, 7) is 0.734. The van der Waals surface area contributed by atoms with E-state index in [9.17, 15) is 27.2 Å². The Morgan fingerprint density at radius 1 is 1.00 bits per heavy atom. The van der Waals surface area contributed by atoms with E-state index in [1.54, 1.807) is 0 Å². The molecule has 0 saturated heterocycles. The van der Waals surface area contributed by atoms with Crippen LogP contribution in [0.3, 0.4) is 0 Å². The maximum absolute atomic E-state index is 13.9. The Morgan fingerprint density at radius 3 is 2.17 bits per heavy atom. The summed E-state index contributed by atoms with van der Waals surface area (Å²) < 4.78 is 64.0. The molecule has 0 unspecified atom stereocenters. The second kappa shape index (κ2) is 9.26. The Bertz CT molecular complexity index is 828. The number of esters is 1. The van der Waals surface area contributed by atoms with Gasteiger partial charge in [-0.15, -0.1) is 0 Å². The summed E-state index contributed by atoms with van der Waals surface area (Å²) in [7, 11) is 0. The molecule has 0 radical (unpaired) electrons. The summed E-state index contributed by atoms with van der Waals surface area (Å²) >= 11 is 0. The largest absolute Gasteiger partial charge is 0.461 e. The number of alkyl halides is 3. The van der Waals surface area contributed by atoms with Crippen molar-refractivity contribution in [2.45, 2.75) is 25.4 Å². The smallest absolute Gasteiger partial charge is 0.460 e. The van der Waals surface area contributed by atoms with Crippen molar-refractivity contribution in [1.82, 2.24) is 10.6 Å². The summed E-state index contributed by atoms with van der Waals surface area (Å²) in [4.78, 5) is 24.4. The zero-order valence-electron chi connectivity index (χ0n) is 15.3. The van der Waals surface area contributed by atoms with E-state index in [2.05, 4.69) is 10.1 Å². The van der Waals surface area contributed by atoms with Gasteiger partial charge in [0.2, 0.25) is 0 Å². The first-order chi connectivity index (χ1) is 13.7. The molecule has 0 fully saturated rings. The van der Waals surface area contributed by atoms with Gasteiger partial charge in [-0.25, -0.2) is 14.0 Å². The molecule has 0 saturated carbocycles. The Labute approximate surface area is 163 Å². The quantitative estimate of drug-likeness (QED) is 0.413. The molecule has 0 spiro atoms. The van der Waals surface area contributed by atoms with Crippen LogP contribution in [0.4, 0.5) is 22.4 Å². The van der Waals surface area contributed by atoms with Crippen molar-refractivity contribution in [3.05, 3.63) is 66.0 Å². The third-order valence-electron chi connectivity index (χ3n) is 3.63. The molecule has 0 aromatic heterocycles. The van der Waals surface area contributed by atoms with E-state index in [-0.39, 0.29) is 18.9 Å². The zero-order valence-corrected chi connectivity index (χ0v) is 15.3. The highest BCUT2D eigenvalue weighted by Crippen LogP contribution is 2.34. The van der Waals surface area contributed by atoms with Gasteiger partial charge >= 0.3 is 23.9 Å². The highest BCUT2D eigenvalue weighted by molar-refractivity contribution is 5.87. The maximum Gasteiger partial charge on any atom is 0.460 e. The van der Waals surface area contributed by atoms with Crippen molar-refractivity contribution in [2.75, 3.05) is 6.61 Å². The maximum atomic E-state index is 13.9. The van der Waals surface area contributed by atoms with Crippen LogP contribution in [0.15, 0.2) is 54.6 Å². The van der Waals surface area contributed by atoms with Crippen LogP contribution in [-0.2, 0) is 16.1 Å². The van der Waals surface area contributed by atoms with Crippen molar-refractivity contribution in [3.63, 3.8) is 0 Å². The number of benzene rings is 2. The van der Waals surface area contributed by atoms with E-state index in [0.717, 1.165) is 12.1 Å². The molecular formula is C19H18F4N2O4. The number of rotatable bonds is 7. The highest BCUT2D eigenvalue weighted by Gasteiger charge is 2.66. The van der Waals surface area contributed by atoms with Gasteiger partial charge in [-0.2, -0.15) is 13.2 Å². The fourth-order valence-corrected chi connectivity index (χ4v) is 2.25. The molecule has 2 N–H and O–H groups in total. The standard InChI is InChI=1S/C19H18F4N2O4/c1-2-28-16(26)18(19(21,22)23,29-15-6-4-3-5-7-15)25-17(27)24-12-13-8-10-14(20)11-9-13/h3-11H,2,12H2,1H3,(H2,24,25,27)/t18-/m0/s1. The van der Waals surface area contributed by atoms with Gasteiger partial charge in [0.1, 0.15) is 11.6 Å². The molecular weight excluding hydrogens is 396 g/mol. The highest BCUT2D eigenvalue weighted by atomic mass is 19.4. The lowest BCUT2D eigenvalue weighted by molar-refractivity contribution is -0.259. The number of urea groups is 1. The van der Waals surface area contributed by atoms with Crippen molar-refractivity contribution in [2.24, 2.45) is 0 Å². The van der Waals surface area contributed by atoms with Crippen molar-refractivity contribution < 1.29 is 36.6 Å². The second-order valence-corrected chi connectivity index (χ2v) is 5.75. The summed E-state index contributed by atoms with van der Waals surface area (Å²) in [5, 5.41) is 3.71. The lowest BCUT2D eigenvalue weighted by Gasteiger charge is -2.33. The van der Waals surface area contributed by atoms with E-state index in [1.807, 2.05) is 0 Å². The van der Waals surface area contributed by atoms with Crippen LogP contribution in [0, 0.1) is 5.82 Å².